The van der Waals surface area contributed by atoms with Crippen LogP contribution in [-0.4, -0.2) is 31.3 Å². The molecule has 0 saturated carbocycles. The van der Waals surface area contributed by atoms with Gasteiger partial charge < -0.3 is 11.1 Å². The summed E-state index contributed by atoms with van der Waals surface area (Å²) in [4.78, 5) is 16.5. The van der Waals surface area contributed by atoms with E-state index >= 15 is 0 Å². The molecule has 5 N–H and O–H groups in total. The molecule has 0 fully saturated rings. The fraction of sp³-hybridized carbons (Fsp3) is 0.333. The van der Waals surface area contributed by atoms with Gasteiger partial charge in [0.05, 0.1) is 10.9 Å². The molecular weight excluding hydrogens is 380 g/mol. The van der Waals surface area contributed by atoms with Crippen LogP contribution in [0.25, 0.3) is 0 Å². The summed E-state index contributed by atoms with van der Waals surface area (Å²) in [5, 5.41) is 10.2. The molecule has 0 aliphatic heterocycles. The van der Waals surface area contributed by atoms with E-state index in [0.717, 1.165) is 22.7 Å². The number of hydrogen-bond donors (Lipinski definition) is 3. The SMILES string of the molecule is CSCCC(N)c1nc(C(=O)NCc2ccc(S(N)(=O)=O)cc2)cs1. The van der Waals surface area contributed by atoms with Crippen molar-refractivity contribution in [3.05, 3.63) is 45.9 Å². The van der Waals surface area contributed by atoms with E-state index in [9.17, 15) is 13.2 Å². The Kier molecular flexibility index (Phi) is 6.96. The summed E-state index contributed by atoms with van der Waals surface area (Å²) in [5.41, 5.74) is 7.14. The molecule has 0 radical (unpaired) electrons. The number of aromatic nitrogens is 1. The molecule has 1 aromatic heterocycles. The van der Waals surface area contributed by atoms with Crippen LogP contribution in [0.1, 0.15) is 33.5 Å². The molecule has 1 aromatic carbocycles. The van der Waals surface area contributed by atoms with Crippen LogP contribution >= 0.6 is 23.1 Å². The standard InChI is InChI=1S/C15H20N4O3S3/c1-23-7-6-12(16)15-19-13(9-24-15)14(20)18-8-10-2-4-11(5-3-10)25(17,21)22/h2-5,9,12H,6-8,16H2,1H3,(H,18,20)(H2,17,21,22). The Hall–Kier alpha value is -1.46. The third-order valence-corrected chi connectivity index (χ3v) is 5.96. The smallest absolute Gasteiger partial charge is 0.271 e. The second-order valence-electron chi connectivity index (χ2n) is 5.33. The van der Waals surface area contributed by atoms with Gasteiger partial charge in [0.15, 0.2) is 0 Å². The molecule has 7 nitrogen and oxygen atoms in total. The second kappa shape index (κ2) is 8.77. The second-order valence-corrected chi connectivity index (χ2v) is 8.77. The number of sulfonamides is 1. The summed E-state index contributed by atoms with van der Waals surface area (Å²) < 4.78 is 22.4. The van der Waals surface area contributed by atoms with Crippen molar-refractivity contribution in [1.82, 2.24) is 10.3 Å². The minimum absolute atomic E-state index is 0.0333. The Morgan fingerprint density at radius 2 is 2.04 bits per heavy atom. The van der Waals surface area contributed by atoms with Crippen molar-refractivity contribution in [2.24, 2.45) is 10.9 Å². The highest BCUT2D eigenvalue weighted by molar-refractivity contribution is 7.98. The van der Waals surface area contributed by atoms with Gasteiger partial charge in [0.2, 0.25) is 10.0 Å². The highest BCUT2D eigenvalue weighted by Gasteiger charge is 2.15. The lowest BCUT2D eigenvalue weighted by Gasteiger charge is -2.06. The Morgan fingerprint density at radius 1 is 1.36 bits per heavy atom. The van der Waals surface area contributed by atoms with Crippen LogP contribution in [0, 0.1) is 0 Å². The molecule has 25 heavy (non-hydrogen) atoms. The lowest BCUT2D eigenvalue weighted by molar-refractivity contribution is 0.0946. The maximum absolute atomic E-state index is 12.2. The molecule has 0 spiro atoms. The fourth-order valence-corrected chi connectivity index (χ4v) is 3.84. The summed E-state index contributed by atoms with van der Waals surface area (Å²) in [6, 6.07) is 5.85. The third kappa shape index (κ3) is 5.79. The van der Waals surface area contributed by atoms with Crippen molar-refractivity contribution >= 4 is 39.0 Å². The van der Waals surface area contributed by atoms with Crippen LogP contribution in [0.3, 0.4) is 0 Å². The van der Waals surface area contributed by atoms with E-state index in [4.69, 9.17) is 10.9 Å². The molecule has 1 unspecified atom stereocenters. The summed E-state index contributed by atoms with van der Waals surface area (Å²) in [6.45, 7) is 0.259. The highest BCUT2D eigenvalue weighted by atomic mass is 32.2. The van der Waals surface area contributed by atoms with Gasteiger partial charge in [-0.15, -0.1) is 11.3 Å². The molecule has 0 bridgehead atoms. The van der Waals surface area contributed by atoms with E-state index in [1.165, 1.54) is 23.5 Å². The van der Waals surface area contributed by atoms with Gasteiger partial charge >= 0.3 is 0 Å². The lowest BCUT2D eigenvalue weighted by Crippen LogP contribution is -2.23. The molecule has 1 heterocycles. The van der Waals surface area contributed by atoms with Gasteiger partial charge in [0.1, 0.15) is 10.7 Å². The minimum atomic E-state index is -3.72. The molecule has 2 aromatic rings. The van der Waals surface area contributed by atoms with E-state index in [1.54, 1.807) is 29.3 Å². The lowest BCUT2D eigenvalue weighted by atomic mass is 10.2. The van der Waals surface area contributed by atoms with E-state index in [0.29, 0.717) is 5.69 Å². The Balaban J connectivity index is 1.93. The Labute approximate surface area is 155 Å². The number of nitrogens with zero attached hydrogens (tertiary/aromatic N) is 1. The van der Waals surface area contributed by atoms with Crippen LogP contribution in [0.15, 0.2) is 34.5 Å². The van der Waals surface area contributed by atoms with Crippen molar-refractivity contribution in [3.63, 3.8) is 0 Å². The number of thiazole rings is 1. The van der Waals surface area contributed by atoms with Gasteiger partial charge in [-0.3, -0.25) is 4.79 Å². The zero-order chi connectivity index (χ0) is 18.4. The first-order chi connectivity index (χ1) is 11.8. The van der Waals surface area contributed by atoms with Gasteiger partial charge in [-0.2, -0.15) is 11.8 Å². The number of nitrogens with two attached hydrogens (primary N) is 2. The predicted octanol–water partition coefficient (Wildman–Crippen LogP) is 1.47. The maximum Gasteiger partial charge on any atom is 0.271 e. The van der Waals surface area contributed by atoms with Crippen LogP contribution in [-0.2, 0) is 16.6 Å². The van der Waals surface area contributed by atoms with E-state index < -0.39 is 10.0 Å². The maximum atomic E-state index is 12.2. The highest BCUT2D eigenvalue weighted by Crippen LogP contribution is 2.20. The van der Waals surface area contributed by atoms with Crippen LogP contribution in [0.4, 0.5) is 0 Å². The van der Waals surface area contributed by atoms with Crippen molar-refractivity contribution in [2.45, 2.75) is 23.9 Å². The first kappa shape index (κ1) is 19.9. The molecule has 10 heteroatoms. The van der Waals surface area contributed by atoms with Crippen molar-refractivity contribution < 1.29 is 13.2 Å². The van der Waals surface area contributed by atoms with Gasteiger partial charge in [-0.05, 0) is 36.1 Å². The molecular formula is C15H20N4O3S3. The first-order valence-corrected chi connectivity index (χ1v) is 11.2. The van der Waals surface area contributed by atoms with Crippen LogP contribution in [0.5, 0.6) is 0 Å². The number of nitrogens with one attached hydrogen (secondary N) is 1. The zero-order valence-corrected chi connectivity index (χ0v) is 16.1. The fourth-order valence-electron chi connectivity index (χ4n) is 2.00. The Bertz CT molecular complexity index is 819. The zero-order valence-electron chi connectivity index (χ0n) is 13.6. The van der Waals surface area contributed by atoms with Crippen molar-refractivity contribution in [2.75, 3.05) is 12.0 Å². The molecule has 2 rings (SSSR count). The number of hydrogen-bond acceptors (Lipinski definition) is 7. The normalized spacial score (nSPS) is 12.8. The number of carbonyl (C=O) groups is 1. The van der Waals surface area contributed by atoms with Gasteiger partial charge in [-0.25, -0.2) is 18.5 Å². The third-order valence-electron chi connectivity index (χ3n) is 3.41. The summed E-state index contributed by atoms with van der Waals surface area (Å²) >= 11 is 3.09. The molecule has 0 aliphatic carbocycles. The van der Waals surface area contributed by atoms with Gasteiger partial charge in [0, 0.05) is 11.9 Å². The Morgan fingerprint density at radius 3 is 2.64 bits per heavy atom. The minimum Gasteiger partial charge on any atom is -0.347 e. The average Bonchev–Trinajstić information content (AvgIpc) is 3.07. The van der Waals surface area contributed by atoms with Gasteiger partial charge in [-0.1, -0.05) is 12.1 Å². The van der Waals surface area contributed by atoms with E-state index in [1.807, 2.05) is 6.26 Å². The van der Waals surface area contributed by atoms with Crippen molar-refractivity contribution in [1.29, 1.82) is 0 Å². The van der Waals surface area contributed by atoms with E-state index in [-0.39, 0.29) is 23.4 Å². The first-order valence-electron chi connectivity index (χ1n) is 7.41. The number of amides is 1. The molecule has 136 valence electrons. The molecule has 0 aliphatic rings. The summed E-state index contributed by atoms with van der Waals surface area (Å²) in [6.07, 6.45) is 2.83. The number of rotatable bonds is 8. The number of thioether (sulfide) groups is 1. The summed E-state index contributed by atoms with van der Waals surface area (Å²) in [5.74, 6) is 0.645. The van der Waals surface area contributed by atoms with Crippen molar-refractivity contribution in [3.8, 4) is 0 Å². The molecule has 1 amide bonds. The quantitative estimate of drug-likeness (QED) is 0.615. The number of primary sulfonamides is 1. The molecule has 0 saturated heterocycles. The number of benzene rings is 1. The van der Waals surface area contributed by atoms with Gasteiger partial charge in [0.25, 0.3) is 5.91 Å². The molecule has 1 atom stereocenters. The largest absolute Gasteiger partial charge is 0.347 e. The van der Waals surface area contributed by atoms with E-state index in [2.05, 4.69) is 10.3 Å². The van der Waals surface area contributed by atoms with Crippen LogP contribution < -0.4 is 16.2 Å². The summed E-state index contributed by atoms with van der Waals surface area (Å²) in [7, 11) is -3.72. The topological polar surface area (TPSA) is 128 Å². The monoisotopic (exact) mass is 400 g/mol. The number of carbonyl (C=O) groups excluding carboxylic acids is 1. The average molecular weight is 401 g/mol. The predicted molar refractivity (Wildman–Crippen MR) is 101 cm³/mol. The van der Waals surface area contributed by atoms with Crippen LogP contribution in [0.2, 0.25) is 0 Å².